The van der Waals surface area contributed by atoms with Gasteiger partial charge < -0.3 is 10.3 Å². The lowest BCUT2D eigenvalue weighted by molar-refractivity contribution is -0.384. The Hall–Kier alpha value is -2.35. The molecule has 0 saturated heterocycles. The fourth-order valence-electron chi connectivity index (χ4n) is 1.69. The molecule has 0 bridgehead atoms. The van der Waals surface area contributed by atoms with E-state index in [0.717, 1.165) is 12.1 Å². The Morgan fingerprint density at radius 2 is 2.10 bits per heavy atom. The number of halogens is 1. The maximum absolute atomic E-state index is 13.1. The molecule has 0 spiro atoms. The predicted molar refractivity (Wildman–Crippen MR) is 72.7 cm³/mol. The molecule has 0 saturated carbocycles. The summed E-state index contributed by atoms with van der Waals surface area (Å²) >= 11 is 0. The molecule has 1 unspecified atom stereocenters. The van der Waals surface area contributed by atoms with Crippen molar-refractivity contribution in [1.29, 1.82) is 0 Å². The van der Waals surface area contributed by atoms with Crippen LogP contribution in [0.1, 0.15) is 32.6 Å². The maximum atomic E-state index is 13.1. The zero-order valence-electron chi connectivity index (χ0n) is 11.8. The topological polar surface area (TPSA) is 108 Å². The van der Waals surface area contributed by atoms with Gasteiger partial charge in [-0.25, -0.2) is 4.39 Å². The molecule has 21 heavy (non-hydrogen) atoms. The zero-order chi connectivity index (χ0) is 15.8. The summed E-state index contributed by atoms with van der Waals surface area (Å²) in [5, 5.41) is 14.7. The Labute approximate surface area is 120 Å². The summed E-state index contributed by atoms with van der Waals surface area (Å²) in [4.78, 5) is 14.4. The van der Waals surface area contributed by atoms with Crippen LogP contribution in [-0.2, 0) is 0 Å². The first kappa shape index (κ1) is 15.0. The number of rotatable bonds is 3. The summed E-state index contributed by atoms with van der Waals surface area (Å²) in [6, 6.07) is 2.64. The third-order valence-electron chi connectivity index (χ3n) is 3.04. The molecule has 2 N–H and O–H groups in total. The van der Waals surface area contributed by atoms with Crippen molar-refractivity contribution in [3.05, 3.63) is 40.0 Å². The van der Waals surface area contributed by atoms with Crippen molar-refractivity contribution in [2.45, 2.75) is 26.8 Å². The number of hydrogen-bond donors (Lipinski definition) is 1. The lowest BCUT2D eigenvalue weighted by Gasteiger charge is -2.23. The van der Waals surface area contributed by atoms with Gasteiger partial charge in [-0.15, -0.1) is 0 Å². The zero-order valence-corrected chi connectivity index (χ0v) is 11.8. The quantitative estimate of drug-likeness (QED) is 0.688. The van der Waals surface area contributed by atoms with E-state index in [1.807, 2.05) is 20.8 Å². The summed E-state index contributed by atoms with van der Waals surface area (Å²) in [5.74, 6) is -0.524. The highest BCUT2D eigenvalue weighted by molar-refractivity contribution is 5.66. The van der Waals surface area contributed by atoms with Crippen LogP contribution in [0.4, 0.5) is 10.1 Å². The number of nitro benzene ring substituents is 1. The van der Waals surface area contributed by atoms with Crippen LogP contribution in [0.25, 0.3) is 11.5 Å². The second-order valence-corrected chi connectivity index (χ2v) is 5.72. The molecule has 7 nitrogen and oxygen atoms in total. The van der Waals surface area contributed by atoms with Gasteiger partial charge in [0.1, 0.15) is 11.4 Å². The number of nitrogens with zero attached hydrogens (tertiary/aromatic N) is 3. The first-order chi connectivity index (χ1) is 9.70. The van der Waals surface area contributed by atoms with Gasteiger partial charge in [0.15, 0.2) is 5.82 Å². The molecule has 0 fully saturated rings. The van der Waals surface area contributed by atoms with Gasteiger partial charge in [-0.3, -0.25) is 10.1 Å². The van der Waals surface area contributed by atoms with Crippen LogP contribution in [0.2, 0.25) is 0 Å². The van der Waals surface area contributed by atoms with E-state index < -0.39 is 22.5 Å². The Balaban J connectivity index is 2.45. The highest BCUT2D eigenvalue weighted by Crippen LogP contribution is 2.33. The molecule has 0 aliphatic heterocycles. The molecule has 2 aromatic rings. The van der Waals surface area contributed by atoms with Gasteiger partial charge in [0.2, 0.25) is 0 Å². The molecular weight excluding hydrogens is 279 g/mol. The van der Waals surface area contributed by atoms with Crippen LogP contribution in [-0.4, -0.2) is 15.1 Å². The van der Waals surface area contributed by atoms with E-state index >= 15 is 0 Å². The van der Waals surface area contributed by atoms with Crippen LogP contribution < -0.4 is 5.73 Å². The summed E-state index contributed by atoms with van der Waals surface area (Å²) in [7, 11) is 0. The van der Waals surface area contributed by atoms with Crippen molar-refractivity contribution in [2.75, 3.05) is 0 Å². The van der Waals surface area contributed by atoms with Gasteiger partial charge in [-0.05, 0) is 17.5 Å². The summed E-state index contributed by atoms with van der Waals surface area (Å²) in [6.45, 7) is 5.73. The van der Waals surface area contributed by atoms with E-state index in [2.05, 4.69) is 10.1 Å². The average molecular weight is 294 g/mol. The molecule has 112 valence electrons. The molecule has 8 heteroatoms. The summed E-state index contributed by atoms with van der Waals surface area (Å²) in [5.41, 5.74) is 5.33. The molecule has 1 heterocycles. The molecule has 1 aromatic carbocycles. The van der Waals surface area contributed by atoms with Crippen molar-refractivity contribution in [2.24, 2.45) is 11.1 Å². The Bertz CT molecular complexity index is 678. The minimum atomic E-state index is -0.711. The largest absolute Gasteiger partial charge is 0.334 e. The Kier molecular flexibility index (Phi) is 3.73. The van der Waals surface area contributed by atoms with Crippen LogP contribution in [0.5, 0.6) is 0 Å². The minimum Gasteiger partial charge on any atom is -0.334 e. The van der Waals surface area contributed by atoms with Gasteiger partial charge in [0.05, 0.1) is 17.0 Å². The lowest BCUT2D eigenvalue weighted by Crippen LogP contribution is -2.27. The van der Waals surface area contributed by atoms with Gasteiger partial charge in [0.25, 0.3) is 11.6 Å². The number of benzene rings is 1. The first-order valence-electron chi connectivity index (χ1n) is 6.23. The standard InChI is InChI=1S/C13H15FN4O3/c1-13(2,3)10(15)11-16-12(21-17-11)8-5-4-7(14)6-9(8)18(19)20/h4-6,10H,15H2,1-3H3. The molecule has 1 atom stereocenters. The molecule has 0 aliphatic carbocycles. The van der Waals surface area contributed by atoms with Gasteiger partial charge >= 0.3 is 0 Å². The lowest BCUT2D eigenvalue weighted by atomic mass is 9.87. The molecule has 0 amide bonds. The second kappa shape index (κ2) is 5.21. The van der Waals surface area contributed by atoms with Crippen molar-refractivity contribution >= 4 is 5.69 Å². The van der Waals surface area contributed by atoms with Crippen molar-refractivity contribution < 1.29 is 13.8 Å². The van der Waals surface area contributed by atoms with Crippen LogP contribution in [0, 0.1) is 21.3 Å². The maximum Gasteiger partial charge on any atom is 0.285 e. The third kappa shape index (κ3) is 3.05. The Morgan fingerprint density at radius 1 is 1.43 bits per heavy atom. The van der Waals surface area contributed by atoms with E-state index in [1.54, 1.807) is 0 Å². The smallest absolute Gasteiger partial charge is 0.285 e. The number of hydrogen-bond acceptors (Lipinski definition) is 6. The van der Waals surface area contributed by atoms with E-state index in [0.29, 0.717) is 0 Å². The minimum absolute atomic E-state index is 0.0567. The SMILES string of the molecule is CC(C)(C)C(N)c1noc(-c2ccc(F)cc2[N+](=O)[O-])n1. The summed E-state index contributed by atoms with van der Waals surface area (Å²) in [6.07, 6.45) is 0. The Morgan fingerprint density at radius 3 is 2.67 bits per heavy atom. The first-order valence-corrected chi connectivity index (χ1v) is 6.23. The molecule has 1 aromatic heterocycles. The molecule has 0 aliphatic rings. The van der Waals surface area contributed by atoms with Crippen LogP contribution in [0.15, 0.2) is 22.7 Å². The van der Waals surface area contributed by atoms with Gasteiger partial charge in [-0.1, -0.05) is 25.9 Å². The second-order valence-electron chi connectivity index (χ2n) is 5.72. The summed E-state index contributed by atoms with van der Waals surface area (Å²) < 4.78 is 18.2. The fraction of sp³-hybridized carbons (Fsp3) is 0.385. The number of aromatic nitrogens is 2. The van der Waals surface area contributed by atoms with Crippen molar-refractivity contribution in [1.82, 2.24) is 10.1 Å². The molecular formula is C13H15FN4O3. The van der Waals surface area contributed by atoms with E-state index in [-0.39, 0.29) is 22.7 Å². The predicted octanol–water partition coefficient (Wildman–Crippen LogP) is 2.83. The average Bonchev–Trinajstić information content (AvgIpc) is 2.85. The highest BCUT2D eigenvalue weighted by atomic mass is 19.1. The molecule has 0 radical (unpaired) electrons. The van der Waals surface area contributed by atoms with Crippen LogP contribution >= 0.6 is 0 Å². The number of nitrogens with two attached hydrogens (primary N) is 1. The monoisotopic (exact) mass is 294 g/mol. The normalized spacial score (nSPS) is 13.2. The van der Waals surface area contributed by atoms with E-state index in [1.165, 1.54) is 6.07 Å². The van der Waals surface area contributed by atoms with Crippen LogP contribution in [0.3, 0.4) is 0 Å². The van der Waals surface area contributed by atoms with Gasteiger partial charge in [0, 0.05) is 0 Å². The van der Waals surface area contributed by atoms with Crippen molar-refractivity contribution in [3.63, 3.8) is 0 Å². The van der Waals surface area contributed by atoms with Crippen molar-refractivity contribution in [3.8, 4) is 11.5 Å². The fourth-order valence-corrected chi connectivity index (χ4v) is 1.69. The van der Waals surface area contributed by atoms with E-state index in [4.69, 9.17) is 10.3 Å². The van der Waals surface area contributed by atoms with Gasteiger partial charge in [-0.2, -0.15) is 4.98 Å². The highest BCUT2D eigenvalue weighted by Gasteiger charge is 2.28. The number of nitro groups is 1. The molecule has 2 rings (SSSR count). The van der Waals surface area contributed by atoms with E-state index in [9.17, 15) is 14.5 Å². The third-order valence-corrected chi connectivity index (χ3v) is 3.04.